The van der Waals surface area contributed by atoms with Crippen molar-refractivity contribution in [1.82, 2.24) is 29.9 Å². The zero-order valence-electron chi connectivity index (χ0n) is 29.0. The molecule has 0 bridgehead atoms. The van der Waals surface area contributed by atoms with E-state index in [4.69, 9.17) is 24.9 Å². The van der Waals surface area contributed by atoms with Gasteiger partial charge in [0.25, 0.3) is 0 Å². The van der Waals surface area contributed by atoms with Gasteiger partial charge in [0.05, 0.1) is 27.9 Å². The average Bonchev–Trinajstić information content (AvgIpc) is 3.26. The Bertz CT molecular complexity index is 2920. The predicted octanol–water partition coefficient (Wildman–Crippen LogP) is 11.5. The van der Waals surface area contributed by atoms with E-state index in [2.05, 4.69) is 114 Å². The molecule has 0 amide bonds. The Hall–Kier alpha value is -7.44. The van der Waals surface area contributed by atoms with Crippen molar-refractivity contribution >= 4 is 32.7 Å². The third-order valence-electron chi connectivity index (χ3n) is 9.76. The maximum atomic E-state index is 5.14. The number of benzene rings is 6. The second kappa shape index (κ2) is 13.3. The minimum atomic E-state index is 0.629. The number of pyridine rings is 3. The van der Waals surface area contributed by atoms with Gasteiger partial charge in [-0.3, -0.25) is 4.98 Å². The highest BCUT2D eigenvalue weighted by Crippen LogP contribution is 2.32. The quantitative estimate of drug-likeness (QED) is 0.173. The number of hydrogen-bond donors (Lipinski definition) is 0. The smallest absolute Gasteiger partial charge is 0.164 e. The van der Waals surface area contributed by atoms with Crippen LogP contribution < -0.4 is 0 Å². The third kappa shape index (κ3) is 5.91. The maximum Gasteiger partial charge on any atom is 0.164 e. The summed E-state index contributed by atoms with van der Waals surface area (Å²) in [6.07, 6.45) is 1.83. The van der Waals surface area contributed by atoms with Crippen LogP contribution in [0.15, 0.2) is 182 Å². The van der Waals surface area contributed by atoms with E-state index in [0.29, 0.717) is 17.5 Å². The van der Waals surface area contributed by atoms with Gasteiger partial charge in [-0.25, -0.2) is 24.9 Å². The van der Waals surface area contributed by atoms with Crippen LogP contribution in [0.2, 0.25) is 0 Å². The van der Waals surface area contributed by atoms with E-state index in [0.717, 1.165) is 83.0 Å². The molecule has 0 aliphatic rings. The zero-order valence-corrected chi connectivity index (χ0v) is 29.0. The summed E-state index contributed by atoms with van der Waals surface area (Å²) in [5, 5.41) is 3.25. The van der Waals surface area contributed by atoms with Gasteiger partial charge >= 0.3 is 0 Å². The molecule has 10 aromatic rings. The normalized spacial score (nSPS) is 11.3. The molecule has 0 spiro atoms. The fourth-order valence-corrected chi connectivity index (χ4v) is 6.94. The molecule has 0 N–H and O–H groups in total. The number of fused-ring (bicyclic) bond motifs is 3. The minimum absolute atomic E-state index is 0.629. The zero-order chi connectivity index (χ0) is 35.8. The fourth-order valence-electron chi connectivity index (χ4n) is 6.94. The molecule has 0 aliphatic heterocycles. The van der Waals surface area contributed by atoms with E-state index in [-0.39, 0.29) is 0 Å². The molecule has 0 unspecified atom stereocenters. The van der Waals surface area contributed by atoms with Crippen LogP contribution >= 0.6 is 0 Å². The largest absolute Gasteiger partial charge is 0.256 e. The predicted molar refractivity (Wildman–Crippen MR) is 218 cm³/mol. The van der Waals surface area contributed by atoms with Crippen LogP contribution in [0.25, 0.3) is 101 Å². The molecule has 0 atom stereocenters. The van der Waals surface area contributed by atoms with Gasteiger partial charge in [-0.2, -0.15) is 0 Å². The van der Waals surface area contributed by atoms with Crippen LogP contribution in [0.1, 0.15) is 0 Å². The third-order valence-corrected chi connectivity index (χ3v) is 9.76. The Morgan fingerprint density at radius 1 is 0.296 bits per heavy atom. The first-order valence-corrected chi connectivity index (χ1v) is 17.9. The lowest BCUT2D eigenvalue weighted by Gasteiger charge is -2.10. The number of aromatic nitrogens is 6. The monoisotopic (exact) mass is 690 g/mol. The SMILES string of the molecule is c1ccc(-c2nc(-c3ccccc3)nc(-c3ccc(-c4ccc5ccc(-c6ccc7ccc(-c8cccc9cccnc89)nc7c6)nc5c4)cc3)n2)cc1. The highest BCUT2D eigenvalue weighted by molar-refractivity contribution is 5.95. The van der Waals surface area contributed by atoms with Crippen molar-refractivity contribution in [3.63, 3.8) is 0 Å². The average molecular weight is 691 g/mol. The van der Waals surface area contributed by atoms with Gasteiger partial charge in [0.1, 0.15) is 0 Å². The lowest BCUT2D eigenvalue weighted by Crippen LogP contribution is -2.00. The van der Waals surface area contributed by atoms with Crippen molar-refractivity contribution in [2.45, 2.75) is 0 Å². The van der Waals surface area contributed by atoms with Crippen LogP contribution in [0, 0.1) is 0 Å². The minimum Gasteiger partial charge on any atom is -0.256 e. The van der Waals surface area contributed by atoms with E-state index in [1.165, 1.54) is 0 Å². The molecule has 0 fully saturated rings. The highest BCUT2D eigenvalue weighted by atomic mass is 15.0. The summed E-state index contributed by atoms with van der Waals surface area (Å²) in [4.78, 5) is 29.5. The maximum absolute atomic E-state index is 5.14. The standard InChI is InChI=1S/C48H30N6/c1-3-9-35(10-4-1)46-52-47(36-11-5-2-6-12-36)54-48(53-46)37-20-16-31(17-21-37)38-22-18-32-24-26-41(50-43(32)29-38)39-23-19-33-25-27-42(51-44(33)30-39)40-15-7-13-34-14-8-28-49-45(34)40/h1-30H. The topological polar surface area (TPSA) is 77.3 Å². The molecule has 6 nitrogen and oxygen atoms in total. The molecular formula is C48H30N6. The van der Waals surface area contributed by atoms with Gasteiger partial charge < -0.3 is 0 Å². The fraction of sp³-hybridized carbons (Fsp3) is 0. The van der Waals surface area contributed by atoms with Gasteiger partial charge in [0.15, 0.2) is 17.5 Å². The first-order chi connectivity index (χ1) is 26.7. The van der Waals surface area contributed by atoms with Crippen molar-refractivity contribution in [1.29, 1.82) is 0 Å². The van der Waals surface area contributed by atoms with E-state index in [9.17, 15) is 0 Å². The summed E-state index contributed by atoms with van der Waals surface area (Å²) in [7, 11) is 0. The van der Waals surface area contributed by atoms with Gasteiger partial charge in [-0.05, 0) is 41.5 Å². The van der Waals surface area contributed by atoms with Crippen LogP contribution in [-0.2, 0) is 0 Å². The summed E-state index contributed by atoms with van der Waals surface area (Å²) >= 11 is 0. The molecule has 252 valence electrons. The first kappa shape index (κ1) is 31.3. The van der Waals surface area contributed by atoms with Gasteiger partial charge in [-0.1, -0.05) is 146 Å². The molecule has 0 aliphatic carbocycles. The Morgan fingerprint density at radius 3 is 1.46 bits per heavy atom. The number of rotatable bonds is 6. The van der Waals surface area contributed by atoms with Crippen LogP contribution in [0.5, 0.6) is 0 Å². The van der Waals surface area contributed by atoms with Crippen molar-refractivity contribution in [2.75, 3.05) is 0 Å². The Kier molecular flexibility index (Phi) is 7.69. The van der Waals surface area contributed by atoms with E-state index >= 15 is 0 Å². The number of para-hydroxylation sites is 1. The van der Waals surface area contributed by atoms with E-state index in [1.54, 1.807) is 0 Å². The van der Waals surface area contributed by atoms with E-state index < -0.39 is 0 Å². The molecule has 10 rings (SSSR count). The summed E-state index contributed by atoms with van der Waals surface area (Å²) in [6, 6.07) is 59.9. The number of nitrogens with zero attached hydrogens (tertiary/aromatic N) is 6. The first-order valence-electron chi connectivity index (χ1n) is 17.9. The molecular weight excluding hydrogens is 661 g/mol. The molecule has 4 heterocycles. The lowest BCUT2D eigenvalue weighted by molar-refractivity contribution is 1.07. The Morgan fingerprint density at radius 2 is 0.796 bits per heavy atom. The Labute approximate surface area is 311 Å². The van der Waals surface area contributed by atoms with Crippen molar-refractivity contribution < 1.29 is 0 Å². The van der Waals surface area contributed by atoms with Crippen LogP contribution in [-0.4, -0.2) is 29.9 Å². The molecule has 4 aromatic heterocycles. The molecule has 0 radical (unpaired) electrons. The molecule has 6 heteroatoms. The van der Waals surface area contributed by atoms with Crippen LogP contribution in [0.4, 0.5) is 0 Å². The Balaban J connectivity index is 0.974. The van der Waals surface area contributed by atoms with Crippen molar-refractivity contribution in [3.05, 3.63) is 182 Å². The molecule has 0 saturated heterocycles. The van der Waals surface area contributed by atoms with Gasteiger partial charge in [0.2, 0.25) is 0 Å². The summed E-state index contributed by atoms with van der Waals surface area (Å²) < 4.78 is 0. The number of hydrogen-bond acceptors (Lipinski definition) is 6. The molecule has 0 saturated carbocycles. The lowest BCUT2D eigenvalue weighted by atomic mass is 10.0. The highest BCUT2D eigenvalue weighted by Gasteiger charge is 2.13. The van der Waals surface area contributed by atoms with Gasteiger partial charge in [0, 0.05) is 50.2 Å². The summed E-state index contributed by atoms with van der Waals surface area (Å²) in [5.74, 6) is 1.92. The second-order valence-electron chi connectivity index (χ2n) is 13.2. The summed E-state index contributed by atoms with van der Waals surface area (Å²) in [5.41, 5.74) is 11.6. The van der Waals surface area contributed by atoms with Crippen LogP contribution in [0.3, 0.4) is 0 Å². The van der Waals surface area contributed by atoms with Crippen molar-refractivity contribution in [3.8, 4) is 67.8 Å². The van der Waals surface area contributed by atoms with Gasteiger partial charge in [-0.15, -0.1) is 0 Å². The molecule has 54 heavy (non-hydrogen) atoms. The molecule has 6 aromatic carbocycles. The van der Waals surface area contributed by atoms with E-state index in [1.807, 2.05) is 72.9 Å². The second-order valence-corrected chi connectivity index (χ2v) is 13.2. The van der Waals surface area contributed by atoms with Crippen molar-refractivity contribution in [2.24, 2.45) is 0 Å². The summed E-state index contributed by atoms with van der Waals surface area (Å²) in [6.45, 7) is 0.